The molecule has 0 unspecified atom stereocenters. The molecule has 3 heteroatoms. The first-order valence-corrected chi connectivity index (χ1v) is 15.2. The molecule has 0 amide bonds. The molecule has 2 aliphatic rings. The van der Waals surface area contributed by atoms with Gasteiger partial charge in [-0.3, -0.25) is 0 Å². The lowest BCUT2D eigenvalue weighted by Gasteiger charge is -2.52. The average Bonchev–Trinajstić information content (AvgIpc) is 3.06. The van der Waals surface area contributed by atoms with Gasteiger partial charge < -0.3 is 4.43 Å². The Morgan fingerprint density at radius 2 is 1.65 bits per heavy atom. The van der Waals surface area contributed by atoms with E-state index in [2.05, 4.69) is 99.7 Å². The molecular weight excluding hydrogens is 447 g/mol. The Hall–Kier alpha value is -0.133. The Balaban J connectivity index is 2.05. The van der Waals surface area contributed by atoms with E-state index in [1.54, 1.807) is 5.57 Å². The summed E-state index contributed by atoms with van der Waals surface area (Å²) in [6, 6.07) is 10.8. The van der Waals surface area contributed by atoms with Gasteiger partial charge in [0.15, 0.2) is 0 Å². The van der Waals surface area contributed by atoms with Crippen molar-refractivity contribution in [3.63, 3.8) is 0 Å². The van der Waals surface area contributed by atoms with Crippen LogP contribution in [0.1, 0.15) is 79.2 Å². The Labute approximate surface area is 174 Å². The predicted octanol–water partition coefficient (Wildman–Crippen LogP) is 7.90. The van der Waals surface area contributed by atoms with Crippen molar-refractivity contribution in [3.8, 4) is 0 Å². The summed E-state index contributed by atoms with van der Waals surface area (Å²) in [4.78, 5) is 0. The number of benzene rings is 1. The highest BCUT2D eigenvalue weighted by Gasteiger charge is 2.61. The minimum atomic E-state index is -2.04. The molecule has 1 aromatic carbocycles. The van der Waals surface area contributed by atoms with Gasteiger partial charge in [-0.15, -0.1) is 0 Å². The highest BCUT2D eigenvalue weighted by molar-refractivity contribution is 14.1. The quantitative estimate of drug-likeness (QED) is 0.242. The van der Waals surface area contributed by atoms with Crippen LogP contribution in [0.5, 0.6) is 0 Å². The highest BCUT2D eigenvalue weighted by Crippen LogP contribution is 2.62. The van der Waals surface area contributed by atoms with E-state index in [1.165, 1.54) is 37.7 Å². The van der Waals surface area contributed by atoms with Gasteiger partial charge in [-0.05, 0) is 59.2 Å². The molecule has 2 atom stereocenters. The second kappa shape index (κ2) is 7.04. The third-order valence-electron chi connectivity index (χ3n) is 6.46. The van der Waals surface area contributed by atoms with Gasteiger partial charge in [-0.25, -0.2) is 0 Å². The Bertz CT molecular complexity index is 654. The van der Waals surface area contributed by atoms with Crippen LogP contribution in [0.15, 0.2) is 35.9 Å². The summed E-state index contributed by atoms with van der Waals surface area (Å²) in [5, 5.41) is 0.405. The molecule has 0 N–H and O–H groups in total. The SMILES string of the molecule is CC(C)(C)[Si](I)(O[C@]12CCC[C@H]1CC/C2=C\c1ccccc1)C(C)(C)C. The molecule has 0 spiro atoms. The zero-order valence-electron chi connectivity index (χ0n) is 17.4. The van der Waals surface area contributed by atoms with E-state index in [-0.39, 0.29) is 15.7 Å². The van der Waals surface area contributed by atoms with E-state index >= 15 is 0 Å². The molecule has 0 bridgehead atoms. The molecule has 1 nitrogen and oxygen atoms in total. The summed E-state index contributed by atoms with van der Waals surface area (Å²) in [7, 11) is 0. The van der Waals surface area contributed by atoms with Crippen LogP contribution in [0, 0.1) is 5.92 Å². The maximum absolute atomic E-state index is 7.48. The smallest absolute Gasteiger partial charge is 0.270 e. The first-order valence-electron chi connectivity index (χ1n) is 10.1. The van der Waals surface area contributed by atoms with Gasteiger partial charge in [0.25, 0.3) is 5.81 Å². The Morgan fingerprint density at radius 3 is 2.23 bits per heavy atom. The molecule has 0 aliphatic heterocycles. The Kier molecular flexibility index (Phi) is 5.57. The van der Waals surface area contributed by atoms with Gasteiger partial charge in [-0.1, -0.05) is 99.7 Å². The maximum Gasteiger partial charge on any atom is 0.270 e. The molecular formula is C23H35IOSi. The van der Waals surface area contributed by atoms with Crippen LogP contribution in [0.2, 0.25) is 10.1 Å². The van der Waals surface area contributed by atoms with E-state index in [0.29, 0.717) is 5.92 Å². The van der Waals surface area contributed by atoms with E-state index in [9.17, 15) is 0 Å². The summed E-state index contributed by atoms with van der Waals surface area (Å²) in [6.45, 7) is 14.4. The van der Waals surface area contributed by atoms with E-state index in [1.807, 2.05) is 0 Å². The van der Waals surface area contributed by atoms with Gasteiger partial charge in [0.1, 0.15) is 0 Å². The monoisotopic (exact) mass is 482 g/mol. The lowest BCUT2D eigenvalue weighted by molar-refractivity contribution is 0.0696. The zero-order chi connectivity index (χ0) is 19.2. The molecule has 26 heavy (non-hydrogen) atoms. The van der Waals surface area contributed by atoms with E-state index in [4.69, 9.17) is 4.43 Å². The summed E-state index contributed by atoms with van der Waals surface area (Å²) in [6.07, 6.45) is 8.80. The van der Waals surface area contributed by atoms with Crippen LogP contribution < -0.4 is 0 Å². The second-order valence-corrected chi connectivity index (χ2v) is 19.2. The van der Waals surface area contributed by atoms with Crippen molar-refractivity contribution >= 4 is 33.7 Å². The zero-order valence-corrected chi connectivity index (χ0v) is 20.5. The normalized spacial score (nSPS) is 28.6. The van der Waals surface area contributed by atoms with Crippen LogP contribution in [0.4, 0.5) is 0 Å². The average molecular weight is 483 g/mol. The number of halogens is 1. The molecule has 2 saturated carbocycles. The third kappa shape index (κ3) is 3.48. The summed E-state index contributed by atoms with van der Waals surface area (Å²) < 4.78 is 7.48. The van der Waals surface area contributed by atoms with Crippen LogP contribution >= 0.6 is 21.8 Å². The van der Waals surface area contributed by atoms with Gasteiger partial charge >= 0.3 is 0 Å². The van der Waals surface area contributed by atoms with Gasteiger partial charge in [0, 0.05) is 0 Å². The minimum Gasteiger partial charge on any atom is -0.397 e. The minimum absolute atomic E-state index is 0.0101. The summed E-state index contributed by atoms with van der Waals surface area (Å²) in [5.74, 6) is -1.33. The maximum atomic E-state index is 7.48. The van der Waals surface area contributed by atoms with Crippen molar-refractivity contribution in [1.29, 1.82) is 0 Å². The molecule has 0 radical (unpaired) electrons. The van der Waals surface area contributed by atoms with Crippen LogP contribution in [0.25, 0.3) is 6.08 Å². The van der Waals surface area contributed by atoms with Crippen molar-refractivity contribution in [1.82, 2.24) is 0 Å². The molecule has 2 fully saturated rings. The van der Waals surface area contributed by atoms with Gasteiger partial charge in [-0.2, -0.15) is 0 Å². The number of hydrogen-bond donors (Lipinski definition) is 0. The van der Waals surface area contributed by atoms with Crippen LogP contribution in [-0.2, 0) is 4.43 Å². The molecule has 1 aromatic rings. The topological polar surface area (TPSA) is 9.23 Å². The fourth-order valence-electron chi connectivity index (χ4n) is 5.22. The standard InChI is InChI=1S/C23H35IOSi/c1-21(2,3)26(24,22(4,5)6)25-23-16-10-13-19(23)14-15-20(23)17-18-11-8-7-9-12-18/h7-9,11-12,17,19H,10,13-16H2,1-6H3/b20-17+/t19-,23+/m0/s1. The van der Waals surface area contributed by atoms with Gasteiger partial charge in [0.05, 0.1) is 5.60 Å². The molecule has 2 aliphatic carbocycles. The fourth-order valence-corrected chi connectivity index (χ4v) is 10.2. The lowest BCUT2D eigenvalue weighted by atomic mass is 9.90. The molecule has 0 saturated heterocycles. The highest BCUT2D eigenvalue weighted by atomic mass is 127. The largest absolute Gasteiger partial charge is 0.397 e. The lowest BCUT2D eigenvalue weighted by Crippen LogP contribution is -2.55. The van der Waals surface area contributed by atoms with Crippen molar-refractivity contribution < 1.29 is 4.43 Å². The van der Waals surface area contributed by atoms with Crippen molar-refractivity contribution in [2.75, 3.05) is 0 Å². The first kappa shape index (κ1) is 20.6. The van der Waals surface area contributed by atoms with Crippen LogP contribution in [0.3, 0.4) is 0 Å². The Morgan fingerprint density at radius 1 is 1.04 bits per heavy atom. The van der Waals surface area contributed by atoms with Crippen molar-refractivity contribution in [3.05, 3.63) is 41.5 Å². The van der Waals surface area contributed by atoms with E-state index in [0.717, 1.165) is 0 Å². The molecule has 144 valence electrons. The number of hydrogen-bond acceptors (Lipinski definition) is 1. The molecule has 0 aromatic heterocycles. The second-order valence-electron chi connectivity index (χ2n) is 10.3. The fraction of sp³-hybridized carbons (Fsp3) is 0.652. The van der Waals surface area contributed by atoms with Gasteiger partial charge in [0.2, 0.25) is 0 Å². The number of rotatable bonds is 3. The van der Waals surface area contributed by atoms with Crippen molar-refractivity contribution in [2.24, 2.45) is 5.92 Å². The van der Waals surface area contributed by atoms with E-state index < -0.39 is 5.81 Å². The first-order chi connectivity index (χ1) is 12.0. The summed E-state index contributed by atoms with van der Waals surface area (Å²) in [5.41, 5.74) is 2.88. The van der Waals surface area contributed by atoms with Crippen molar-refractivity contribution in [2.45, 2.75) is 89.3 Å². The van der Waals surface area contributed by atoms with Crippen LogP contribution in [-0.4, -0.2) is 11.4 Å². The molecule has 0 heterocycles. The predicted molar refractivity (Wildman–Crippen MR) is 124 cm³/mol. The molecule has 3 rings (SSSR count). The number of fused-ring (bicyclic) bond motifs is 1. The summed E-state index contributed by atoms with van der Waals surface area (Å²) >= 11 is 2.78. The third-order valence-corrected chi connectivity index (χ3v) is 21.3.